The number of benzene rings is 1. The highest BCUT2D eigenvalue weighted by atomic mass is 16.6. The lowest BCUT2D eigenvalue weighted by Crippen LogP contribution is -2.00. The van der Waals surface area contributed by atoms with Crippen LogP contribution in [0.15, 0.2) is 18.2 Å². The van der Waals surface area contributed by atoms with Crippen LogP contribution < -0.4 is 17.4 Å². The van der Waals surface area contributed by atoms with Crippen molar-refractivity contribution in [3.8, 4) is 0 Å². The summed E-state index contributed by atoms with van der Waals surface area (Å²) >= 11 is 0. The molecule has 0 aliphatic carbocycles. The lowest BCUT2D eigenvalue weighted by molar-refractivity contribution is 0.124. The van der Waals surface area contributed by atoms with Gasteiger partial charge in [-0.25, -0.2) is 5.90 Å². The first kappa shape index (κ1) is 7.84. The average molecular weight is 153 g/mol. The quantitative estimate of drug-likeness (QED) is 0.419. The number of rotatable bonds is 2. The predicted molar refractivity (Wildman–Crippen MR) is 44.2 cm³/mol. The van der Waals surface area contributed by atoms with E-state index < -0.39 is 0 Å². The molecule has 4 nitrogen and oxygen atoms in total. The highest BCUT2D eigenvalue weighted by Gasteiger charge is 1.95. The Morgan fingerprint density at radius 3 is 2.09 bits per heavy atom. The van der Waals surface area contributed by atoms with Crippen LogP contribution in [-0.2, 0) is 11.4 Å². The second kappa shape index (κ2) is 3.23. The third kappa shape index (κ3) is 2.10. The SMILES string of the molecule is NOCc1cc(N)cc(N)c1. The van der Waals surface area contributed by atoms with Crippen LogP contribution in [-0.4, -0.2) is 0 Å². The smallest absolute Gasteiger partial charge is 0.0931 e. The van der Waals surface area contributed by atoms with Crippen LogP contribution in [0.5, 0.6) is 0 Å². The van der Waals surface area contributed by atoms with Crippen LogP contribution in [0.3, 0.4) is 0 Å². The normalized spacial score (nSPS) is 9.91. The molecular weight excluding hydrogens is 142 g/mol. The molecule has 4 heteroatoms. The maximum absolute atomic E-state index is 5.51. The first-order valence-corrected chi connectivity index (χ1v) is 3.19. The molecule has 0 saturated heterocycles. The number of anilines is 2. The zero-order valence-electron chi connectivity index (χ0n) is 6.08. The van der Waals surface area contributed by atoms with E-state index in [2.05, 4.69) is 4.84 Å². The number of nitrogens with two attached hydrogens (primary N) is 3. The van der Waals surface area contributed by atoms with Crippen molar-refractivity contribution >= 4 is 11.4 Å². The molecule has 11 heavy (non-hydrogen) atoms. The molecule has 0 aliphatic rings. The minimum atomic E-state index is 0.329. The van der Waals surface area contributed by atoms with Gasteiger partial charge in [0.05, 0.1) is 6.61 Å². The number of hydrogen-bond donors (Lipinski definition) is 3. The van der Waals surface area contributed by atoms with Crippen LogP contribution in [0.1, 0.15) is 5.56 Å². The van der Waals surface area contributed by atoms with Gasteiger partial charge in [-0.05, 0) is 23.8 Å². The van der Waals surface area contributed by atoms with Crippen molar-refractivity contribution < 1.29 is 4.84 Å². The van der Waals surface area contributed by atoms with Crippen molar-refractivity contribution in [2.45, 2.75) is 6.61 Å². The molecule has 1 aromatic carbocycles. The molecule has 0 heterocycles. The number of hydrogen-bond acceptors (Lipinski definition) is 4. The maximum Gasteiger partial charge on any atom is 0.0931 e. The zero-order valence-corrected chi connectivity index (χ0v) is 6.08. The molecule has 0 aliphatic heterocycles. The van der Waals surface area contributed by atoms with Gasteiger partial charge >= 0.3 is 0 Å². The standard InChI is InChI=1S/C7H11N3O/c8-6-1-5(4-11-10)2-7(9)3-6/h1-3H,4,8-10H2. The molecule has 1 aromatic rings. The van der Waals surface area contributed by atoms with Crippen molar-refractivity contribution in [3.63, 3.8) is 0 Å². The Balaban J connectivity index is 2.89. The van der Waals surface area contributed by atoms with Gasteiger partial charge in [-0.15, -0.1) is 0 Å². The summed E-state index contributed by atoms with van der Waals surface area (Å²) in [5.74, 6) is 4.88. The Morgan fingerprint density at radius 2 is 1.64 bits per heavy atom. The third-order valence-corrected chi connectivity index (χ3v) is 1.29. The van der Waals surface area contributed by atoms with Gasteiger partial charge in [0.25, 0.3) is 0 Å². The summed E-state index contributed by atoms with van der Waals surface area (Å²) in [6.45, 7) is 0.329. The van der Waals surface area contributed by atoms with Crippen molar-refractivity contribution in [3.05, 3.63) is 23.8 Å². The van der Waals surface area contributed by atoms with Crippen LogP contribution in [0.25, 0.3) is 0 Å². The van der Waals surface area contributed by atoms with Gasteiger partial charge < -0.3 is 11.5 Å². The van der Waals surface area contributed by atoms with Gasteiger partial charge in [0.2, 0.25) is 0 Å². The van der Waals surface area contributed by atoms with Gasteiger partial charge in [-0.2, -0.15) is 0 Å². The van der Waals surface area contributed by atoms with Gasteiger partial charge in [-0.3, -0.25) is 4.84 Å². The Labute approximate surface area is 64.9 Å². The fourth-order valence-electron chi connectivity index (χ4n) is 0.925. The minimum Gasteiger partial charge on any atom is -0.399 e. The number of nitrogen functional groups attached to an aromatic ring is 2. The summed E-state index contributed by atoms with van der Waals surface area (Å²) in [5.41, 5.74) is 13.2. The minimum absolute atomic E-state index is 0.329. The van der Waals surface area contributed by atoms with Gasteiger partial charge in [0, 0.05) is 11.4 Å². The Kier molecular flexibility index (Phi) is 2.30. The summed E-state index contributed by atoms with van der Waals surface area (Å²) in [4.78, 5) is 4.43. The van der Waals surface area contributed by atoms with Crippen molar-refractivity contribution in [2.24, 2.45) is 5.90 Å². The lowest BCUT2D eigenvalue weighted by Gasteiger charge is -2.01. The van der Waals surface area contributed by atoms with Crippen LogP contribution in [0.4, 0.5) is 11.4 Å². The van der Waals surface area contributed by atoms with E-state index in [0.29, 0.717) is 18.0 Å². The molecule has 0 radical (unpaired) electrons. The molecule has 6 N–H and O–H groups in total. The van der Waals surface area contributed by atoms with Crippen LogP contribution >= 0.6 is 0 Å². The third-order valence-electron chi connectivity index (χ3n) is 1.29. The molecule has 1 rings (SSSR count). The zero-order chi connectivity index (χ0) is 8.27. The van der Waals surface area contributed by atoms with Crippen LogP contribution in [0, 0.1) is 0 Å². The average Bonchev–Trinajstić information content (AvgIpc) is 1.85. The van der Waals surface area contributed by atoms with E-state index in [1.165, 1.54) is 0 Å². The van der Waals surface area contributed by atoms with Gasteiger partial charge in [0.15, 0.2) is 0 Å². The van der Waals surface area contributed by atoms with E-state index in [1.54, 1.807) is 18.2 Å². The Morgan fingerprint density at radius 1 is 1.09 bits per heavy atom. The van der Waals surface area contributed by atoms with Gasteiger partial charge in [0.1, 0.15) is 0 Å². The molecule has 0 fully saturated rings. The fraction of sp³-hybridized carbons (Fsp3) is 0.143. The largest absolute Gasteiger partial charge is 0.399 e. The molecule has 60 valence electrons. The monoisotopic (exact) mass is 153 g/mol. The second-order valence-electron chi connectivity index (χ2n) is 2.32. The highest BCUT2D eigenvalue weighted by Crippen LogP contribution is 2.13. The molecule has 0 spiro atoms. The first-order chi connectivity index (χ1) is 5.22. The summed E-state index contributed by atoms with van der Waals surface area (Å²) in [6.07, 6.45) is 0. The van der Waals surface area contributed by atoms with Crippen LogP contribution in [0.2, 0.25) is 0 Å². The summed E-state index contributed by atoms with van der Waals surface area (Å²) in [6, 6.07) is 5.21. The lowest BCUT2D eigenvalue weighted by atomic mass is 10.2. The van der Waals surface area contributed by atoms with E-state index in [4.69, 9.17) is 17.4 Å². The summed E-state index contributed by atoms with van der Waals surface area (Å²) < 4.78 is 0. The predicted octanol–water partition coefficient (Wildman–Crippen LogP) is 0.241. The maximum atomic E-state index is 5.51. The Hall–Kier alpha value is -1.26. The first-order valence-electron chi connectivity index (χ1n) is 3.19. The molecule has 0 aromatic heterocycles. The molecule has 0 unspecified atom stereocenters. The van der Waals surface area contributed by atoms with Crippen molar-refractivity contribution in [1.82, 2.24) is 0 Å². The van der Waals surface area contributed by atoms with Gasteiger partial charge in [-0.1, -0.05) is 0 Å². The van der Waals surface area contributed by atoms with E-state index in [0.717, 1.165) is 5.56 Å². The molecule has 0 bridgehead atoms. The Bertz CT molecular complexity index is 229. The molecule has 0 amide bonds. The summed E-state index contributed by atoms with van der Waals surface area (Å²) in [7, 11) is 0. The molecular formula is C7H11N3O. The fourth-order valence-corrected chi connectivity index (χ4v) is 0.925. The van der Waals surface area contributed by atoms with E-state index in [-0.39, 0.29) is 0 Å². The second-order valence-corrected chi connectivity index (χ2v) is 2.32. The molecule has 0 saturated carbocycles. The summed E-state index contributed by atoms with van der Waals surface area (Å²) in [5, 5.41) is 0. The topological polar surface area (TPSA) is 87.3 Å². The molecule has 0 atom stereocenters. The van der Waals surface area contributed by atoms with Crippen molar-refractivity contribution in [2.75, 3.05) is 11.5 Å². The van der Waals surface area contributed by atoms with E-state index in [9.17, 15) is 0 Å². The highest BCUT2D eigenvalue weighted by molar-refractivity contribution is 5.54. The van der Waals surface area contributed by atoms with Crippen molar-refractivity contribution in [1.29, 1.82) is 0 Å². The van der Waals surface area contributed by atoms with E-state index >= 15 is 0 Å². The van der Waals surface area contributed by atoms with E-state index in [1.807, 2.05) is 0 Å².